The maximum Gasteiger partial charge on any atom is 0.244 e. The van der Waals surface area contributed by atoms with Crippen LogP contribution in [0.1, 0.15) is 29.5 Å². The molecule has 0 saturated carbocycles. The molecule has 1 aliphatic heterocycles. The van der Waals surface area contributed by atoms with E-state index in [-0.39, 0.29) is 18.3 Å². The fourth-order valence-corrected chi connectivity index (χ4v) is 4.19. The van der Waals surface area contributed by atoms with Crippen LogP contribution in [0.25, 0.3) is 6.08 Å². The first kappa shape index (κ1) is 24.6. The predicted octanol–water partition coefficient (Wildman–Crippen LogP) is 1.54. The van der Waals surface area contributed by atoms with Gasteiger partial charge in [-0.1, -0.05) is 52.3 Å². The van der Waals surface area contributed by atoms with Crippen LogP contribution < -0.4 is 17.7 Å². The Labute approximate surface area is 194 Å². The minimum absolute atomic E-state index is 0. The Morgan fingerprint density at radius 1 is 1.13 bits per heavy atom. The number of halogens is 2. The Bertz CT molecular complexity index is 847. The Morgan fingerprint density at radius 2 is 1.80 bits per heavy atom. The lowest BCUT2D eigenvalue weighted by atomic mass is 10.0. The third-order valence-corrected chi connectivity index (χ3v) is 6.03. The van der Waals surface area contributed by atoms with Crippen molar-refractivity contribution < 1.29 is 26.4 Å². The topological polar surface area (TPSA) is 38.3 Å². The third kappa shape index (κ3) is 7.55. The van der Waals surface area contributed by atoms with E-state index in [1.165, 1.54) is 5.56 Å². The van der Waals surface area contributed by atoms with Gasteiger partial charge in [0.1, 0.15) is 6.54 Å². The van der Waals surface area contributed by atoms with Gasteiger partial charge in [-0.05, 0) is 29.3 Å². The number of amides is 1. The molecule has 30 heavy (non-hydrogen) atoms. The average Bonchev–Trinajstić information content (AvgIpc) is 2.72. The number of ether oxygens (including phenoxy) is 1. The Kier molecular flexibility index (Phi) is 9.56. The van der Waals surface area contributed by atoms with E-state index in [1.807, 2.05) is 30.3 Å². The molecule has 162 valence electrons. The van der Waals surface area contributed by atoms with Gasteiger partial charge in [-0.2, -0.15) is 0 Å². The first-order valence-corrected chi connectivity index (χ1v) is 10.9. The van der Waals surface area contributed by atoms with Crippen molar-refractivity contribution in [2.75, 3.05) is 27.3 Å². The van der Waals surface area contributed by atoms with Gasteiger partial charge in [-0.15, -0.1) is 0 Å². The third-order valence-electron chi connectivity index (χ3n) is 5.53. The second kappa shape index (κ2) is 11.7. The summed E-state index contributed by atoms with van der Waals surface area (Å²) in [5, 5.41) is 2.95. The second-order valence-corrected chi connectivity index (χ2v) is 9.12. The monoisotopic (exact) mass is 492 g/mol. The molecule has 0 spiro atoms. The van der Waals surface area contributed by atoms with Gasteiger partial charge >= 0.3 is 0 Å². The fourth-order valence-electron chi connectivity index (χ4n) is 3.78. The van der Waals surface area contributed by atoms with Crippen molar-refractivity contribution in [2.24, 2.45) is 0 Å². The summed E-state index contributed by atoms with van der Waals surface area (Å²) in [6.07, 6.45) is 5.65. The number of hydrogen-bond donors (Lipinski definition) is 1. The van der Waals surface area contributed by atoms with Crippen LogP contribution in [0.4, 0.5) is 0 Å². The van der Waals surface area contributed by atoms with Crippen LogP contribution in [-0.2, 0) is 22.6 Å². The van der Waals surface area contributed by atoms with Crippen molar-refractivity contribution in [1.29, 1.82) is 0 Å². The summed E-state index contributed by atoms with van der Waals surface area (Å²) >= 11 is 3.44. The first-order chi connectivity index (χ1) is 13.9. The summed E-state index contributed by atoms with van der Waals surface area (Å²) in [6.45, 7) is 3.29. The zero-order chi connectivity index (χ0) is 20.7. The smallest absolute Gasteiger partial charge is 0.244 e. The molecule has 2 aromatic carbocycles. The molecule has 0 radical (unpaired) electrons. The van der Waals surface area contributed by atoms with Crippen molar-refractivity contribution in [2.45, 2.75) is 32.0 Å². The molecule has 2 aromatic rings. The van der Waals surface area contributed by atoms with Crippen LogP contribution in [-0.4, -0.2) is 43.7 Å². The highest BCUT2D eigenvalue weighted by Crippen LogP contribution is 2.22. The molecule has 1 fully saturated rings. The molecule has 0 aliphatic carbocycles. The molecule has 3 rings (SSSR count). The van der Waals surface area contributed by atoms with Gasteiger partial charge in [0.2, 0.25) is 5.91 Å². The lowest BCUT2D eigenvalue weighted by molar-refractivity contribution is -0.929. The zero-order valence-electron chi connectivity index (χ0n) is 17.6. The van der Waals surface area contributed by atoms with E-state index in [0.717, 1.165) is 52.7 Å². The average molecular weight is 494 g/mol. The number of hydrogen-bond acceptors (Lipinski definition) is 2. The van der Waals surface area contributed by atoms with Crippen LogP contribution in [0.2, 0.25) is 0 Å². The van der Waals surface area contributed by atoms with Crippen LogP contribution in [0, 0.1) is 0 Å². The van der Waals surface area contributed by atoms with Crippen molar-refractivity contribution in [3.05, 3.63) is 75.8 Å². The molecule has 0 bridgehead atoms. The van der Waals surface area contributed by atoms with E-state index in [0.29, 0.717) is 12.6 Å². The molecule has 4 nitrogen and oxygen atoms in total. The molecule has 1 heterocycles. The number of nitrogens with zero attached hydrogens (tertiary/aromatic N) is 1. The number of carbonyl (C=O) groups excluding carboxylic acids is 1. The first-order valence-electron chi connectivity index (χ1n) is 10.1. The molecule has 0 aromatic heterocycles. The van der Waals surface area contributed by atoms with E-state index >= 15 is 0 Å². The van der Waals surface area contributed by atoms with Crippen LogP contribution >= 0.6 is 15.9 Å². The SMILES string of the molecule is C[N+](C)(Cc1ccc(CNC(=O)C=Cc2cccc(Br)c2)cc1)C1CCOCC1.[Cl-]. The van der Waals surface area contributed by atoms with Gasteiger partial charge in [-0.3, -0.25) is 4.79 Å². The summed E-state index contributed by atoms with van der Waals surface area (Å²) in [5.74, 6) is -0.0913. The Balaban J connectivity index is 0.00000320. The summed E-state index contributed by atoms with van der Waals surface area (Å²) in [6, 6.07) is 17.1. The van der Waals surface area contributed by atoms with Crippen molar-refractivity contribution in [3.63, 3.8) is 0 Å². The van der Waals surface area contributed by atoms with Crippen molar-refractivity contribution in [1.82, 2.24) is 5.32 Å². The molecule has 1 N–H and O–H groups in total. The summed E-state index contributed by atoms with van der Waals surface area (Å²) < 4.78 is 7.49. The zero-order valence-corrected chi connectivity index (χ0v) is 20.0. The molecular weight excluding hydrogens is 464 g/mol. The summed E-state index contributed by atoms with van der Waals surface area (Å²) in [7, 11) is 4.61. The summed E-state index contributed by atoms with van der Waals surface area (Å²) in [4.78, 5) is 12.1. The molecule has 0 atom stereocenters. The molecule has 1 aliphatic rings. The lowest BCUT2D eigenvalue weighted by Crippen LogP contribution is -3.00. The van der Waals surface area contributed by atoms with Gasteiger partial charge in [0.05, 0.1) is 33.4 Å². The maximum atomic E-state index is 12.1. The number of quaternary nitrogens is 1. The Morgan fingerprint density at radius 3 is 2.47 bits per heavy atom. The van der Waals surface area contributed by atoms with E-state index in [4.69, 9.17) is 4.74 Å². The van der Waals surface area contributed by atoms with Crippen LogP contribution in [0.15, 0.2) is 59.1 Å². The second-order valence-electron chi connectivity index (χ2n) is 8.20. The van der Waals surface area contributed by atoms with Crippen LogP contribution in [0.3, 0.4) is 0 Å². The largest absolute Gasteiger partial charge is 1.00 e. The standard InChI is InChI=1S/C24H29BrN2O2.ClH/c1-27(2,23-12-14-29-15-13-23)18-21-8-6-20(7-9-21)17-26-24(28)11-10-19-4-3-5-22(25)16-19;/h3-11,16,23H,12-15,17-18H2,1-2H3;1H. The number of rotatable bonds is 7. The van der Waals surface area contributed by atoms with E-state index in [1.54, 1.807) is 6.08 Å². The summed E-state index contributed by atoms with van der Waals surface area (Å²) in [5.41, 5.74) is 3.42. The molecule has 6 heteroatoms. The predicted molar refractivity (Wildman–Crippen MR) is 121 cm³/mol. The van der Waals surface area contributed by atoms with E-state index in [2.05, 4.69) is 59.6 Å². The highest BCUT2D eigenvalue weighted by Gasteiger charge is 2.30. The normalized spacial score (nSPS) is 15.0. The van der Waals surface area contributed by atoms with E-state index in [9.17, 15) is 4.79 Å². The van der Waals surface area contributed by atoms with Crippen molar-refractivity contribution in [3.8, 4) is 0 Å². The van der Waals surface area contributed by atoms with Gasteiger partial charge in [0.15, 0.2) is 0 Å². The molecular formula is C24H30BrClN2O2. The quantitative estimate of drug-likeness (QED) is 0.469. The van der Waals surface area contributed by atoms with Gasteiger partial charge < -0.3 is 26.9 Å². The lowest BCUT2D eigenvalue weighted by Gasteiger charge is -2.40. The highest BCUT2D eigenvalue weighted by atomic mass is 79.9. The van der Waals surface area contributed by atoms with E-state index < -0.39 is 0 Å². The highest BCUT2D eigenvalue weighted by molar-refractivity contribution is 9.10. The molecule has 1 amide bonds. The Hall–Kier alpha value is -1.66. The number of benzene rings is 2. The molecule has 1 saturated heterocycles. The minimum Gasteiger partial charge on any atom is -1.00 e. The number of carbonyl (C=O) groups is 1. The minimum atomic E-state index is -0.0913. The van der Waals surface area contributed by atoms with Gasteiger partial charge in [0, 0.05) is 35.5 Å². The number of nitrogens with one attached hydrogen (secondary N) is 1. The molecule has 0 unspecified atom stereocenters. The van der Waals surface area contributed by atoms with Crippen LogP contribution in [0.5, 0.6) is 0 Å². The maximum absolute atomic E-state index is 12.1. The van der Waals surface area contributed by atoms with Gasteiger partial charge in [-0.25, -0.2) is 0 Å². The van der Waals surface area contributed by atoms with Gasteiger partial charge in [0.25, 0.3) is 0 Å². The fraction of sp³-hybridized carbons (Fsp3) is 0.375. The van der Waals surface area contributed by atoms with Crippen molar-refractivity contribution >= 4 is 27.9 Å².